The van der Waals surface area contributed by atoms with Crippen LogP contribution in [0.3, 0.4) is 0 Å². The number of Topliss-reactive ketones (excluding diaryl/α,β-unsaturated/α-hetero) is 1. The summed E-state index contributed by atoms with van der Waals surface area (Å²) in [5.41, 5.74) is 0.914. The molecular weight excluding hydrogens is 280 g/mol. The van der Waals surface area contributed by atoms with Gasteiger partial charge in [0.15, 0.2) is 5.78 Å². The van der Waals surface area contributed by atoms with Crippen LogP contribution in [-0.4, -0.2) is 39.5 Å². The van der Waals surface area contributed by atoms with Crippen molar-refractivity contribution in [2.24, 2.45) is 10.8 Å². The summed E-state index contributed by atoms with van der Waals surface area (Å²) in [5.74, 6) is 0.148. The second-order valence-corrected chi connectivity index (χ2v) is 7.60. The Kier molecular flexibility index (Phi) is 3.27. The van der Waals surface area contributed by atoms with Crippen LogP contribution in [0.15, 0.2) is 18.3 Å². The molecule has 0 radical (unpaired) electrons. The molecule has 118 valence electrons. The van der Waals surface area contributed by atoms with E-state index in [2.05, 4.69) is 4.98 Å². The van der Waals surface area contributed by atoms with E-state index < -0.39 is 11.5 Å². The summed E-state index contributed by atoms with van der Waals surface area (Å²) >= 11 is 0. The van der Waals surface area contributed by atoms with Gasteiger partial charge in [-0.05, 0) is 30.4 Å². The molecule has 0 aromatic carbocycles. The van der Waals surface area contributed by atoms with E-state index in [4.69, 9.17) is 0 Å². The quantitative estimate of drug-likeness (QED) is 0.799. The number of hydrogen-bond acceptors (Lipinski definition) is 3. The first-order chi connectivity index (χ1) is 10.2. The predicted molar refractivity (Wildman–Crippen MR) is 81.9 cm³/mol. The minimum absolute atomic E-state index is 0.148. The van der Waals surface area contributed by atoms with Crippen molar-refractivity contribution in [1.82, 2.24) is 9.88 Å². The molecule has 1 aromatic heterocycles. The van der Waals surface area contributed by atoms with Gasteiger partial charge in [0, 0.05) is 36.2 Å². The number of nitrogens with zero attached hydrogens (tertiary/aromatic N) is 2. The summed E-state index contributed by atoms with van der Waals surface area (Å²) in [4.78, 5) is 30.3. The molecule has 1 N–H and O–H groups in total. The first kappa shape index (κ1) is 15.0. The van der Waals surface area contributed by atoms with Gasteiger partial charge >= 0.3 is 6.09 Å². The van der Waals surface area contributed by atoms with Crippen LogP contribution in [0.1, 0.15) is 49.7 Å². The zero-order valence-corrected chi connectivity index (χ0v) is 13.3. The number of aromatic nitrogens is 1. The Bertz CT molecular complexity index is 635. The fourth-order valence-corrected chi connectivity index (χ4v) is 3.91. The molecule has 5 nitrogen and oxygen atoms in total. The van der Waals surface area contributed by atoms with Crippen molar-refractivity contribution < 1.29 is 14.7 Å². The monoisotopic (exact) mass is 302 g/mol. The van der Waals surface area contributed by atoms with E-state index in [9.17, 15) is 14.7 Å². The summed E-state index contributed by atoms with van der Waals surface area (Å²) < 4.78 is 0. The van der Waals surface area contributed by atoms with Gasteiger partial charge < -0.3 is 10.0 Å². The molecule has 1 aliphatic heterocycles. The highest BCUT2D eigenvalue weighted by atomic mass is 16.4. The molecule has 1 saturated heterocycles. The summed E-state index contributed by atoms with van der Waals surface area (Å²) in [6, 6.07) is 3.48. The molecule has 2 heterocycles. The van der Waals surface area contributed by atoms with E-state index in [1.807, 2.05) is 26.8 Å². The predicted octanol–water partition coefficient (Wildman–Crippen LogP) is 3.00. The number of carboxylic acid groups (broad SMARTS) is 1. The molecule has 0 bridgehead atoms. The lowest BCUT2D eigenvalue weighted by atomic mass is 9.67. The van der Waals surface area contributed by atoms with Crippen molar-refractivity contribution in [3.05, 3.63) is 29.6 Å². The van der Waals surface area contributed by atoms with Gasteiger partial charge in [-0.15, -0.1) is 0 Å². The molecule has 2 aliphatic rings. The number of likely N-dealkylation sites (tertiary alicyclic amines) is 1. The molecule has 5 heteroatoms. The van der Waals surface area contributed by atoms with Gasteiger partial charge in [-0.2, -0.15) is 0 Å². The van der Waals surface area contributed by atoms with E-state index in [1.165, 1.54) is 4.90 Å². The maximum Gasteiger partial charge on any atom is 0.407 e. The topological polar surface area (TPSA) is 70.5 Å². The van der Waals surface area contributed by atoms with Gasteiger partial charge in [-0.3, -0.25) is 9.78 Å². The smallest absolute Gasteiger partial charge is 0.407 e. The molecular formula is C17H22N2O3. The van der Waals surface area contributed by atoms with Gasteiger partial charge in [0.05, 0.1) is 5.69 Å². The third-order valence-corrected chi connectivity index (χ3v) is 5.16. The average molecular weight is 302 g/mol. The Labute approximate surface area is 130 Å². The van der Waals surface area contributed by atoms with Gasteiger partial charge in [0.25, 0.3) is 0 Å². The van der Waals surface area contributed by atoms with Crippen molar-refractivity contribution in [3.8, 4) is 0 Å². The Hall–Kier alpha value is -1.91. The summed E-state index contributed by atoms with van der Waals surface area (Å²) in [6.45, 7) is 6.53. The first-order valence-electron chi connectivity index (χ1n) is 7.73. The van der Waals surface area contributed by atoms with Crippen LogP contribution in [0.5, 0.6) is 0 Å². The number of amides is 1. The van der Waals surface area contributed by atoms with Gasteiger partial charge in [0.2, 0.25) is 0 Å². The third kappa shape index (κ3) is 2.19. The summed E-state index contributed by atoms with van der Waals surface area (Å²) in [6.07, 6.45) is 2.63. The number of ketones is 1. The standard InChI is InChI=1S/C17H22N2O3/c1-16(2,3)13-10-17(6-8-19(13)15(21)22)9-12-11(14(17)20)5-4-7-18-12/h4-5,7,13H,6,8-10H2,1-3H3,(H,21,22). The van der Waals surface area contributed by atoms with Crippen LogP contribution < -0.4 is 0 Å². The van der Waals surface area contributed by atoms with Crippen molar-refractivity contribution in [3.63, 3.8) is 0 Å². The van der Waals surface area contributed by atoms with Crippen LogP contribution in [0.25, 0.3) is 0 Å². The van der Waals surface area contributed by atoms with Crippen LogP contribution >= 0.6 is 0 Å². The normalized spacial score (nSPS) is 28.0. The molecule has 2 atom stereocenters. The first-order valence-corrected chi connectivity index (χ1v) is 7.73. The van der Waals surface area contributed by atoms with Crippen LogP contribution in [0, 0.1) is 10.8 Å². The number of carbonyl (C=O) groups is 2. The van der Waals surface area contributed by atoms with Crippen molar-refractivity contribution >= 4 is 11.9 Å². The molecule has 2 unspecified atom stereocenters. The highest BCUT2D eigenvalue weighted by molar-refractivity contribution is 6.04. The fourth-order valence-electron chi connectivity index (χ4n) is 3.91. The lowest BCUT2D eigenvalue weighted by molar-refractivity contribution is 0.00992. The zero-order chi connectivity index (χ0) is 16.1. The van der Waals surface area contributed by atoms with E-state index in [-0.39, 0.29) is 17.2 Å². The Morgan fingerprint density at radius 1 is 1.45 bits per heavy atom. The molecule has 1 amide bonds. The Morgan fingerprint density at radius 2 is 2.18 bits per heavy atom. The maximum absolute atomic E-state index is 12.9. The molecule has 0 saturated carbocycles. The SMILES string of the molecule is CC(C)(C)C1CC2(CCN1C(=O)O)Cc1ncccc1C2=O. The Balaban J connectivity index is 1.95. The molecule has 22 heavy (non-hydrogen) atoms. The minimum atomic E-state index is -0.893. The third-order valence-electron chi connectivity index (χ3n) is 5.16. The van der Waals surface area contributed by atoms with E-state index in [0.29, 0.717) is 25.8 Å². The lowest BCUT2D eigenvalue weighted by Gasteiger charge is -2.48. The maximum atomic E-state index is 12.9. The molecule has 1 fully saturated rings. The molecule has 1 aromatic rings. The zero-order valence-electron chi connectivity index (χ0n) is 13.3. The number of piperidine rings is 1. The van der Waals surface area contributed by atoms with E-state index in [1.54, 1.807) is 12.3 Å². The average Bonchev–Trinajstić information content (AvgIpc) is 2.71. The van der Waals surface area contributed by atoms with E-state index >= 15 is 0 Å². The van der Waals surface area contributed by atoms with Crippen LogP contribution in [-0.2, 0) is 6.42 Å². The van der Waals surface area contributed by atoms with Crippen LogP contribution in [0.4, 0.5) is 4.79 Å². The number of fused-ring (bicyclic) bond motifs is 1. The number of rotatable bonds is 0. The number of pyridine rings is 1. The number of carbonyl (C=O) groups excluding carboxylic acids is 1. The highest BCUT2D eigenvalue weighted by Crippen LogP contribution is 2.48. The highest BCUT2D eigenvalue weighted by Gasteiger charge is 2.53. The molecule has 3 rings (SSSR count). The second-order valence-electron chi connectivity index (χ2n) is 7.60. The van der Waals surface area contributed by atoms with Gasteiger partial charge in [0.1, 0.15) is 0 Å². The molecule has 1 spiro atoms. The fraction of sp³-hybridized carbons (Fsp3) is 0.588. The Morgan fingerprint density at radius 3 is 2.77 bits per heavy atom. The lowest BCUT2D eigenvalue weighted by Crippen LogP contribution is -2.56. The van der Waals surface area contributed by atoms with Crippen molar-refractivity contribution in [2.75, 3.05) is 6.54 Å². The van der Waals surface area contributed by atoms with Crippen molar-refractivity contribution in [2.45, 2.75) is 46.1 Å². The van der Waals surface area contributed by atoms with Gasteiger partial charge in [-0.1, -0.05) is 20.8 Å². The van der Waals surface area contributed by atoms with Crippen molar-refractivity contribution in [1.29, 1.82) is 0 Å². The summed E-state index contributed by atoms with van der Waals surface area (Å²) in [7, 11) is 0. The second kappa shape index (κ2) is 4.80. The number of hydrogen-bond donors (Lipinski definition) is 1. The van der Waals surface area contributed by atoms with Gasteiger partial charge in [-0.25, -0.2) is 4.79 Å². The molecule has 1 aliphatic carbocycles. The summed E-state index contributed by atoms with van der Waals surface area (Å²) in [5, 5.41) is 9.47. The minimum Gasteiger partial charge on any atom is -0.465 e. The van der Waals surface area contributed by atoms with Crippen LogP contribution in [0.2, 0.25) is 0 Å². The largest absolute Gasteiger partial charge is 0.465 e. The van der Waals surface area contributed by atoms with E-state index in [0.717, 1.165) is 11.3 Å².